The van der Waals surface area contributed by atoms with Gasteiger partial charge in [0.1, 0.15) is 0 Å². The second-order valence-corrected chi connectivity index (χ2v) is 4.57. The molecule has 0 heterocycles. The molecule has 1 atom stereocenters. The first-order valence-electron chi connectivity index (χ1n) is 6.81. The molecule has 106 valence electrons. The molecule has 0 radical (unpaired) electrons. The average Bonchev–Trinajstić information content (AvgIpc) is 2.34. The highest BCUT2D eigenvalue weighted by molar-refractivity contribution is 5.78. The van der Waals surface area contributed by atoms with Crippen LogP contribution in [0.3, 0.4) is 0 Å². The minimum absolute atomic E-state index is 0.0462. The zero-order valence-electron chi connectivity index (χ0n) is 11.3. The molecule has 5 heteroatoms. The summed E-state index contributed by atoms with van der Waals surface area (Å²) in [7, 11) is 0. The van der Waals surface area contributed by atoms with Gasteiger partial charge in [0.2, 0.25) is 5.91 Å². The van der Waals surface area contributed by atoms with Crippen molar-refractivity contribution in [2.75, 3.05) is 13.1 Å². The summed E-state index contributed by atoms with van der Waals surface area (Å²) in [5.41, 5.74) is 5.54. The van der Waals surface area contributed by atoms with Gasteiger partial charge in [-0.25, -0.2) is 0 Å². The number of carbonyl (C=O) groups excluding carboxylic acids is 1. The number of hydrogen-bond acceptors (Lipinski definition) is 3. The Balaban J connectivity index is 3.47. The van der Waals surface area contributed by atoms with E-state index in [0.717, 1.165) is 32.1 Å². The second kappa shape index (κ2) is 11.0. The van der Waals surface area contributed by atoms with E-state index in [0.29, 0.717) is 19.5 Å². The fourth-order valence-corrected chi connectivity index (χ4v) is 1.82. The zero-order chi connectivity index (χ0) is 13.8. The average molecular weight is 258 g/mol. The summed E-state index contributed by atoms with van der Waals surface area (Å²) in [5, 5.41) is 11.3. The minimum Gasteiger partial charge on any atom is -0.481 e. The van der Waals surface area contributed by atoms with E-state index in [-0.39, 0.29) is 18.2 Å². The van der Waals surface area contributed by atoms with Crippen LogP contribution in [0.2, 0.25) is 0 Å². The van der Waals surface area contributed by atoms with Crippen molar-refractivity contribution in [3.05, 3.63) is 0 Å². The van der Waals surface area contributed by atoms with Crippen LogP contribution in [0.15, 0.2) is 0 Å². The Bertz CT molecular complexity index is 244. The molecule has 18 heavy (non-hydrogen) atoms. The molecule has 5 nitrogen and oxygen atoms in total. The lowest BCUT2D eigenvalue weighted by Gasteiger charge is -2.13. The lowest BCUT2D eigenvalue weighted by molar-refractivity contribution is -0.137. The van der Waals surface area contributed by atoms with Crippen LogP contribution < -0.4 is 11.1 Å². The molecule has 0 spiro atoms. The van der Waals surface area contributed by atoms with E-state index in [1.54, 1.807) is 0 Å². The fourth-order valence-electron chi connectivity index (χ4n) is 1.82. The highest BCUT2D eigenvalue weighted by Gasteiger charge is 2.14. The van der Waals surface area contributed by atoms with Crippen LogP contribution in [0.25, 0.3) is 0 Å². The maximum absolute atomic E-state index is 11.7. The maximum Gasteiger partial charge on any atom is 0.303 e. The molecule has 1 unspecified atom stereocenters. The van der Waals surface area contributed by atoms with Crippen LogP contribution in [-0.2, 0) is 9.59 Å². The molecule has 0 aromatic carbocycles. The third-order valence-electron chi connectivity index (χ3n) is 2.91. The molecule has 0 aromatic rings. The lowest BCUT2D eigenvalue weighted by Crippen LogP contribution is -2.35. The van der Waals surface area contributed by atoms with Gasteiger partial charge in [0.05, 0.1) is 5.92 Å². The van der Waals surface area contributed by atoms with E-state index in [1.165, 1.54) is 0 Å². The number of hydrogen-bond donors (Lipinski definition) is 3. The van der Waals surface area contributed by atoms with Crippen LogP contribution in [0, 0.1) is 5.92 Å². The van der Waals surface area contributed by atoms with Gasteiger partial charge in [0, 0.05) is 19.5 Å². The molecule has 0 rings (SSSR count). The first-order valence-corrected chi connectivity index (χ1v) is 6.81. The molecular weight excluding hydrogens is 232 g/mol. The van der Waals surface area contributed by atoms with E-state index in [2.05, 4.69) is 5.32 Å². The Morgan fingerprint density at radius 3 is 2.44 bits per heavy atom. The van der Waals surface area contributed by atoms with Crippen LogP contribution >= 0.6 is 0 Å². The largest absolute Gasteiger partial charge is 0.481 e. The van der Waals surface area contributed by atoms with Gasteiger partial charge in [-0.3, -0.25) is 9.59 Å². The molecule has 0 bridgehead atoms. The minimum atomic E-state index is -0.742. The number of unbranched alkanes of at least 4 members (excludes halogenated alkanes) is 3. The van der Waals surface area contributed by atoms with E-state index in [4.69, 9.17) is 10.8 Å². The van der Waals surface area contributed by atoms with Crippen LogP contribution in [-0.4, -0.2) is 30.1 Å². The Kier molecular flexibility index (Phi) is 10.3. The standard InChI is InChI=1S/C13H26N2O3/c1-2-7-11(10-14)13(18)15-9-6-4-3-5-8-12(16)17/h11H,2-10,14H2,1H3,(H,15,18)(H,16,17). The summed E-state index contributed by atoms with van der Waals surface area (Å²) < 4.78 is 0. The van der Waals surface area contributed by atoms with E-state index >= 15 is 0 Å². The number of rotatable bonds is 11. The predicted octanol–water partition coefficient (Wildman–Crippen LogP) is 1.51. The van der Waals surface area contributed by atoms with Crippen molar-refractivity contribution in [3.8, 4) is 0 Å². The molecule has 0 saturated carbocycles. The molecule has 0 fully saturated rings. The number of carboxylic acids is 1. The van der Waals surface area contributed by atoms with Gasteiger partial charge in [-0.1, -0.05) is 26.2 Å². The highest BCUT2D eigenvalue weighted by Crippen LogP contribution is 2.05. The summed E-state index contributed by atoms with van der Waals surface area (Å²) in [6.45, 7) is 3.10. The van der Waals surface area contributed by atoms with Crippen LogP contribution in [0.4, 0.5) is 0 Å². The number of amides is 1. The molecule has 4 N–H and O–H groups in total. The molecule has 1 amide bonds. The Morgan fingerprint density at radius 2 is 1.89 bits per heavy atom. The first-order chi connectivity index (χ1) is 8.61. The lowest BCUT2D eigenvalue weighted by atomic mass is 10.0. The normalized spacial score (nSPS) is 12.1. The van der Waals surface area contributed by atoms with Gasteiger partial charge in [0.15, 0.2) is 0 Å². The summed E-state index contributed by atoms with van der Waals surface area (Å²) >= 11 is 0. The summed E-state index contributed by atoms with van der Waals surface area (Å²) in [4.78, 5) is 22.0. The molecule has 0 aliphatic carbocycles. The third kappa shape index (κ3) is 8.98. The Hall–Kier alpha value is -1.10. The fraction of sp³-hybridized carbons (Fsp3) is 0.846. The first kappa shape index (κ1) is 16.9. The number of nitrogens with two attached hydrogens (primary N) is 1. The van der Waals surface area contributed by atoms with E-state index in [1.807, 2.05) is 6.92 Å². The molecule has 0 aromatic heterocycles. The zero-order valence-corrected chi connectivity index (χ0v) is 11.3. The summed E-state index contributed by atoms with van der Waals surface area (Å²) in [6.07, 6.45) is 5.49. The van der Waals surface area contributed by atoms with Crippen molar-refractivity contribution in [2.45, 2.75) is 51.9 Å². The number of carbonyl (C=O) groups is 2. The third-order valence-corrected chi connectivity index (χ3v) is 2.91. The van der Waals surface area contributed by atoms with Gasteiger partial charge < -0.3 is 16.2 Å². The van der Waals surface area contributed by atoms with Crippen molar-refractivity contribution >= 4 is 11.9 Å². The number of nitrogens with one attached hydrogen (secondary N) is 1. The SMILES string of the molecule is CCCC(CN)C(=O)NCCCCCCC(=O)O. The Labute approximate surface area is 109 Å². The molecule has 0 saturated heterocycles. The van der Waals surface area contributed by atoms with E-state index in [9.17, 15) is 9.59 Å². The molecular formula is C13H26N2O3. The van der Waals surface area contributed by atoms with Crippen molar-refractivity contribution in [1.82, 2.24) is 5.32 Å². The van der Waals surface area contributed by atoms with Gasteiger partial charge in [-0.2, -0.15) is 0 Å². The van der Waals surface area contributed by atoms with Crippen LogP contribution in [0.1, 0.15) is 51.9 Å². The molecule has 0 aliphatic heterocycles. The summed E-state index contributed by atoms with van der Waals surface area (Å²) in [6, 6.07) is 0. The second-order valence-electron chi connectivity index (χ2n) is 4.57. The smallest absolute Gasteiger partial charge is 0.303 e. The van der Waals surface area contributed by atoms with Crippen molar-refractivity contribution in [3.63, 3.8) is 0 Å². The summed E-state index contributed by atoms with van der Waals surface area (Å²) in [5.74, 6) is -0.763. The van der Waals surface area contributed by atoms with Gasteiger partial charge in [-0.15, -0.1) is 0 Å². The number of aliphatic carboxylic acids is 1. The quantitative estimate of drug-likeness (QED) is 0.490. The van der Waals surface area contributed by atoms with Crippen molar-refractivity contribution in [2.24, 2.45) is 11.7 Å². The number of carboxylic acid groups (broad SMARTS) is 1. The monoisotopic (exact) mass is 258 g/mol. The van der Waals surface area contributed by atoms with Crippen molar-refractivity contribution in [1.29, 1.82) is 0 Å². The Morgan fingerprint density at radius 1 is 1.22 bits per heavy atom. The van der Waals surface area contributed by atoms with Gasteiger partial charge in [0.25, 0.3) is 0 Å². The molecule has 0 aliphatic rings. The van der Waals surface area contributed by atoms with Crippen molar-refractivity contribution < 1.29 is 14.7 Å². The topological polar surface area (TPSA) is 92.4 Å². The van der Waals surface area contributed by atoms with Gasteiger partial charge in [-0.05, 0) is 19.3 Å². The van der Waals surface area contributed by atoms with Gasteiger partial charge >= 0.3 is 5.97 Å². The maximum atomic E-state index is 11.7. The van der Waals surface area contributed by atoms with E-state index < -0.39 is 5.97 Å². The highest BCUT2D eigenvalue weighted by atomic mass is 16.4. The predicted molar refractivity (Wildman–Crippen MR) is 71.2 cm³/mol. The van der Waals surface area contributed by atoms with Crippen LogP contribution in [0.5, 0.6) is 0 Å².